The van der Waals surface area contributed by atoms with E-state index < -0.39 is 6.10 Å². The molecule has 1 N–H and O–H groups in total. The molecular formula is C9H12N2OS. The second-order valence-corrected chi connectivity index (χ2v) is 3.86. The summed E-state index contributed by atoms with van der Waals surface area (Å²) < 4.78 is 7.88. The fraction of sp³-hybridized carbons (Fsp3) is 0.556. The van der Waals surface area contributed by atoms with E-state index in [1.54, 1.807) is 6.20 Å². The Morgan fingerprint density at radius 1 is 1.62 bits per heavy atom. The van der Waals surface area contributed by atoms with Crippen LogP contribution in [0.25, 0.3) is 0 Å². The highest BCUT2D eigenvalue weighted by molar-refractivity contribution is 6.99. The predicted octanol–water partition coefficient (Wildman–Crippen LogP) is 2.07. The second kappa shape index (κ2) is 3.98. The highest BCUT2D eigenvalue weighted by Crippen LogP contribution is 2.27. The molecule has 70 valence electrons. The summed E-state index contributed by atoms with van der Waals surface area (Å²) in [6.07, 6.45) is 7.67. The van der Waals surface area contributed by atoms with Crippen LogP contribution in [-0.4, -0.2) is 13.9 Å². The van der Waals surface area contributed by atoms with Crippen molar-refractivity contribution < 1.29 is 5.11 Å². The van der Waals surface area contributed by atoms with E-state index in [0.29, 0.717) is 5.69 Å². The van der Waals surface area contributed by atoms with Gasteiger partial charge in [-0.1, -0.05) is 11.6 Å². The van der Waals surface area contributed by atoms with Gasteiger partial charge in [-0.05, 0) is 19.3 Å². The van der Waals surface area contributed by atoms with Gasteiger partial charge >= 0.3 is 0 Å². The van der Waals surface area contributed by atoms with Crippen LogP contribution >= 0.6 is 11.7 Å². The highest BCUT2D eigenvalue weighted by atomic mass is 32.1. The first kappa shape index (κ1) is 8.84. The fourth-order valence-corrected chi connectivity index (χ4v) is 2.06. The van der Waals surface area contributed by atoms with Gasteiger partial charge in [-0.25, -0.2) is 0 Å². The molecule has 0 aliphatic heterocycles. The quantitative estimate of drug-likeness (QED) is 0.753. The summed E-state index contributed by atoms with van der Waals surface area (Å²) in [6.45, 7) is 0. The molecule has 1 atom stereocenters. The minimum Gasteiger partial charge on any atom is -0.386 e. The zero-order valence-electron chi connectivity index (χ0n) is 7.31. The first-order chi connectivity index (χ1) is 6.36. The molecule has 1 aliphatic carbocycles. The minimum absolute atomic E-state index is 0.455. The van der Waals surface area contributed by atoms with E-state index in [1.807, 2.05) is 0 Å². The molecule has 1 aromatic heterocycles. The third kappa shape index (κ3) is 2.14. The Morgan fingerprint density at radius 2 is 2.54 bits per heavy atom. The molecule has 3 nitrogen and oxygen atoms in total. The largest absolute Gasteiger partial charge is 0.386 e. The van der Waals surface area contributed by atoms with Crippen molar-refractivity contribution in [3.05, 3.63) is 23.5 Å². The minimum atomic E-state index is -0.455. The van der Waals surface area contributed by atoms with Crippen molar-refractivity contribution in [3.63, 3.8) is 0 Å². The van der Waals surface area contributed by atoms with Crippen molar-refractivity contribution in [3.8, 4) is 0 Å². The third-order valence-corrected chi connectivity index (χ3v) is 2.80. The zero-order chi connectivity index (χ0) is 9.10. The first-order valence-electron chi connectivity index (χ1n) is 4.49. The van der Waals surface area contributed by atoms with E-state index in [4.69, 9.17) is 0 Å². The smallest absolute Gasteiger partial charge is 0.103 e. The fourth-order valence-electron chi connectivity index (χ4n) is 1.59. The van der Waals surface area contributed by atoms with Gasteiger partial charge < -0.3 is 5.11 Å². The molecule has 1 aliphatic rings. The van der Waals surface area contributed by atoms with Crippen LogP contribution in [0.15, 0.2) is 17.8 Å². The number of rotatable bonds is 3. The Kier molecular flexibility index (Phi) is 2.71. The maximum absolute atomic E-state index is 9.73. The molecule has 1 unspecified atom stereocenters. The third-order valence-electron chi connectivity index (χ3n) is 2.31. The van der Waals surface area contributed by atoms with Gasteiger partial charge in [-0.2, -0.15) is 8.75 Å². The van der Waals surface area contributed by atoms with Crippen molar-refractivity contribution >= 4 is 11.7 Å². The summed E-state index contributed by atoms with van der Waals surface area (Å²) in [5, 5.41) is 9.73. The van der Waals surface area contributed by atoms with Crippen molar-refractivity contribution in [2.24, 2.45) is 0 Å². The second-order valence-electron chi connectivity index (χ2n) is 3.31. The Balaban J connectivity index is 1.95. The van der Waals surface area contributed by atoms with Crippen LogP contribution in [0.1, 0.15) is 37.5 Å². The summed E-state index contributed by atoms with van der Waals surface area (Å²) in [5.41, 5.74) is 2.07. The van der Waals surface area contributed by atoms with E-state index >= 15 is 0 Å². The lowest BCUT2D eigenvalue weighted by molar-refractivity contribution is 0.173. The van der Waals surface area contributed by atoms with E-state index in [2.05, 4.69) is 14.8 Å². The molecule has 0 spiro atoms. The molecule has 0 bridgehead atoms. The Hall–Kier alpha value is -0.740. The number of allylic oxidation sites excluding steroid dienone is 1. The standard InChI is InChI=1S/C9H12N2OS/c12-9(8-6-10-13-11-8)5-7-3-1-2-4-7/h3,6,9,12H,1-2,4-5H2. The molecule has 2 rings (SSSR count). The number of nitrogens with zero attached hydrogens (tertiary/aromatic N) is 2. The number of aromatic nitrogens is 2. The van der Waals surface area contributed by atoms with Gasteiger partial charge in [0.05, 0.1) is 17.9 Å². The molecule has 4 heteroatoms. The Morgan fingerprint density at radius 3 is 3.15 bits per heavy atom. The molecule has 0 fully saturated rings. The van der Waals surface area contributed by atoms with E-state index in [0.717, 1.165) is 31.0 Å². The molecule has 1 heterocycles. The molecule has 0 aromatic carbocycles. The van der Waals surface area contributed by atoms with Crippen molar-refractivity contribution in [1.82, 2.24) is 8.75 Å². The average molecular weight is 196 g/mol. The highest BCUT2D eigenvalue weighted by Gasteiger charge is 2.14. The zero-order valence-corrected chi connectivity index (χ0v) is 8.13. The van der Waals surface area contributed by atoms with Gasteiger partial charge in [0.2, 0.25) is 0 Å². The van der Waals surface area contributed by atoms with Crippen LogP contribution in [0.2, 0.25) is 0 Å². The number of aliphatic hydroxyl groups excluding tert-OH is 1. The normalized spacial score (nSPS) is 18.7. The predicted molar refractivity (Wildman–Crippen MR) is 51.4 cm³/mol. The Labute approximate surface area is 81.4 Å². The SMILES string of the molecule is OC(CC1=CCCC1)c1cnsn1. The van der Waals surface area contributed by atoms with Crippen LogP contribution in [0, 0.1) is 0 Å². The van der Waals surface area contributed by atoms with Crippen LogP contribution in [-0.2, 0) is 0 Å². The summed E-state index contributed by atoms with van der Waals surface area (Å²) in [6, 6.07) is 0. The van der Waals surface area contributed by atoms with Gasteiger partial charge in [0.25, 0.3) is 0 Å². The maximum atomic E-state index is 9.73. The van der Waals surface area contributed by atoms with E-state index in [9.17, 15) is 5.11 Å². The van der Waals surface area contributed by atoms with Crippen LogP contribution < -0.4 is 0 Å². The lowest BCUT2D eigenvalue weighted by Crippen LogP contribution is -1.98. The van der Waals surface area contributed by atoms with Crippen LogP contribution in [0.3, 0.4) is 0 Å². The van der Waals surface area contributed by atoms with Crippen molar-refractivity contribution in [2.75, 3.05) is 0 Å². The first-order valence-corrected chi connectivity index (χ1v) is 5.23. The van der Waals surface area contributed by atoms with Crippen LogP contribution in [0.4, 0.5) is 0 Å². The number of aliphatic hydroxyl groups is 1. The van der Waals surface area contributed by atoms with Gasteiger partial charge in [0.1, 0.15) is 11.8 Å². The van der Waals surface area contributed by atoms with Crippen LogP contribution in [0.5, 0.6) is 0 Å². The summed E-state index contributed by atoms with van der Waals surface area (Å²) in [5.74, 6) is 0. The molecule has 0 radical (unpaired) electrons. The lowest BCUT2D eigenvalue weighted by Gasteiger charge is -2.07. The molecule has 0 amide bonds. The molecule has 13 heavy (non-hydrogen) atoms. The van der Waals surface area contributed by atoms with Crippen molar-refractivity contribution in [2.45, 2.75) is 31.8 Å². The molecule has 0 saturated heterocycles. The van der Waals surface area contributed by atoms with E-state index in [-0.39, 0.29) is 0 Å². The monoisotopic (exact) mass is 196 g/mol. The van der Waals surface area contributed by atoms with E-state index in [1.165, 1.54) is 12.0 Å². The number of hydrogen-bond donors (Lipinski definition) is 1. The van der Waals surface area contributed by atoms with Gasteiger partial charge in [0.15, 0.2) is 0 Å². The van der Waals surface area contributed by atoms with Gasteiger partial charge in [0, 0.05) is 6.42 Å². The number of hydrogen-bond acceptors (Lipinski definition) is 4. The molecule has 1 aromatic rings. The molecular weight excluding hydrogens is 184 g/mol. The summed E-state index contributed by atoms with van der Waals surface area (Å²) in [4.78, 5) is 0. The van der Waals surface area contributed by atoms with Crippen molar-refractivity contribution in [1.29, 1.82) is 0 Å². The topological polar surface area (TPSA) is 46.0 Å². The molecule has 0 saturated carbocycles. The maximum Gasteiger partial charge on any atom is 0.103 e. The van der Waals surface area contributed by atoms with Gasteiger partial charge in [-0.3, -0.25) is 0 Å². The Bertz CT molecular complexity index is 295. The summed E-state index contributed by atoms with van der Waals surface area (Å²) in [7, 11) is 0. The summed E-state index contributed by atoms with van der Waals surface area (Å²) >= 11 is 1.15. The van der Waals surface area contributed by atoms with Gasteiger partial charge in [-0.15, -0.1) is 0 Å². The lowest BCUT2D eigenvalue weighted by atomic mass is 10.1. The average Bonchev–Trinajstić information content (AvgIpc) is 2.74.